The van der Waals surface area contributed by atoms with Crippen LogP contribution in [0, 0.1) is 0 Å². The molecule has 98 valence electrons. The molecule has 0 spiro atoms. The van der Waals surface area contributed by atoms with E-state index in [2.05, 4.69) is 26.2 Å². The number of aromatic nitrogens is 1. The van der Waals surface area contributed by atoms with Gasteiger partial charge in [0.25, 0.3) is 5.91 Å². The predicted molar refractivity (Wildman–Crippen MR) is 82.5 cm³/mol. The van der Waals surface area contributed by atoms with Crippen LogP contribution >= 0.6 is 27.7 Å². The van der Waals surface area contributed by atoms with Crippen LogP contribution in [0.2, 0.25) is 0 Å². The van der Waals surface area contributed by atoms with Crippen molar-refractivity contribution >= 4 is 45.1 Å². The molecule has 0 saturated heterocycles. The molecule has 1 aromatic heterocycles. The van der Waals surface area contributed by atoms with E-state index >= 15 is 0 Å². The average Bonchev–Trinajstić information content (AvgIpc) is 2.42. The standard InChI is InChI=1S/C13H12BrN3OS/c1-19-10-4-2-9(3-5-10)17-13(18)11-6-8(14)7-16-12(11)15/h2-7H,1H3,(H2,15,16)(H,17,18). The van der Waals surface area contributed by atoms with Crippen LogP contribution in [0.1, 0.15) is 10.4 Å². The van der Waals surface area contributed by atoms with Gasteiger partial charge in [0.15, 0.2) is 0 Å². The van der Waals surface area contributed by atoms with Crippen LogP contribution in [0.4, 0.5) is 11.5 Å². The Morgan fingerprint density at radius 1 is 1.37 bits per heavy atom. The highest BCUT2D eigenvalue weighted by Gasteiger charge is 2.11. The second kappa shape index (κ2) is 6.08. The lowest BCUT2D eigenvalue weighted by atomic mass is 10.2. The molecular formula is C13H12BrN3OS. The molecule has 0 aliphatic rings. The zero-order chi connectivity index (χ0) is 13.8. The SMILES string of the molecule is CSc1ccc(NC(=O)c2cc(Br)cnc2N)cc1. The van der Waals surface area contributed by atoms with Crippen molar-refractivity contribution in [3.63, 3.8) is 0 Å². The van der Waals surface area contributed by atoms with Crippen LogP contribution in [0.15, 0.2) is 45.9 Å². The summed E-state index contributed by atoms with van der Waals surface area (Å²) >= 11 is 4.92. The Morgan fingerprint density at radius 3 is 2.68 bits per heavy atom. The van der Waals surface area contributed by atoms with E-state index in [1.807, 2.05) is 30.5 Å². The first-order valence-electron chi connectivity index (χ1n) is 5.46. The van der Waals surface area contributed by atoms with Crippen LogP contribution in [-0.4, -0.2) is 17.1 Å². The Morgan fingerprint density at radius 2 is 2.05 bits per heavy atom. The van der Waals surface area contributed by atoms with Crippen molar-refractivity contribution in [3.05, 3.63) is 46.6 Å². The van der Waals surface area contributed by atoms with Gasteiger partial charge in [0.05, 0.1) is 5.56 Å². The number of hydrogen-bond acceptors (Lipinski definition) is 4. The summed E-state index contributed by atoms with van der Waals surface area (Å²) in [7, 11) is 0. The van der Waals surface area contributed by atoms with Crippen molar-refractivity contribution < 1.29 is 4.79 Å². The van der Waals surface area contributed by atoms with E-state index in [1.165, 1.54) is 0 Å². The fraction of sp³-hybridized carbons (Fsp3) is 0.0769. The van der Waals surface area contributed by atoms with Crippen molar-refractivity contribution in [2.24, 2.45) is 0 Å². The molecule has 0 atom stereocenters. The molecule has 0 saturated carbocycles. The molecule has 6 heteroatoms. The number of amides is 1. The summed E-state index contributed by atoms with van der Waals surface area (Å²) in [6, 6.07) is 9.25. The quantitative estimate of drug-likeness (QED) is 0.842. The number of pyridine rings is 1. The number of nitrogens with two attached hydrogens (primary N) is 1. The Bertz CT molecular complexity index is 601. The van der Waals surface area contributed by atoms with E-state index in [-0.39, 0.29) is 11.7 Å². The summed E-state index contributed by atoms with van der Waals surface area (Å²) in [5.74, 6) is -0.0652. The summed E-state index contributed by atoms with van der Waals surface area (Å²) < 4.78 is 0.713. The number of carbonyl (C=O) groups is 1. The Balaban J connectivity index is 2.18. The van der Waals surface area contributed by atoms with Gasteiger partial charge >= 0.3 is 0 Å². The molecule has 19 heavy (non-hydrogen) atoms. The van der Waals surface area contributed by atoms with E-state index < -0.39 is 0 Å². The summed E-state index contributed by atoms with van der Waals surface area (Å²) in [5.41, 5.74) is 6.77. The molecule has 1 aromatic carbocycles. The van der Waals surface area contributed by atoms with Crippen LogP contribution in [0.25, 0.3) is 0 Å². The smallest absolute Gasteiger partial charge is 0.259 e. The monoisotopic (exact) mass is 337 g/mol. The number of nitrogen functional groups attached to an aromatic ring is 1. The van der Waals surface area contributed by atoms with Gasteiger partial charge in [-0.2, -0.15) is 0 Å². The molecular weight excluding hydrogens is 326 g/mol. The minimum absolute atomic E-state index is 0.210. The number of benzene rings is 1. The molecule has 0 aliphatic carbocycles. The summed E-state index contributed by atoms with van der Waals surface area (Å²) in [5, 5.41) is 2.79. The molecule has 2 aromatic rings. The summed E-state index contributed by atoms with van der Waals surface area (Å²) in [6.45, 7) is 0. The molecule has 0 bridgehead atoms. The number of rotatable bonds is 3. The van der Waals surface area contributed by atoms with Crippen LogP contribution in [0.3, 0.4) is 0 Å². The van der Waals surface area contributed by atoms with Gasteiger partial charge in [-0.3, -0.25) is 4.79 Å². The van der Waals surface area contributed by atoms with Crippen LogP contribution < -0.4 is 11.1 Å². The minimum atomic E-state index is -0.275. The van der Waals surface area contributed by atoms with E-state index in [0.29, 0.717) is 10.0 Å². The molecule has 1 heterocycles. The van der Waals surface area contributed by atoms with Crippen molar-refractivity contribution in [3.8, 4) is 0 Å². The minimum Gasteiger partial charge on any atom is -0.383 e. The second-order valence-corrected chi connectivity index (χ2v) is 5.56. The fourth-order valence-corrected chi connectivity index (χ4v) is 2.24. The van der Waals surface area contributed by atoms with Crippen molar-refractivity contribution in [2.45, 2.75) is 4.90 Å². The number of halogens is 1. The number of nitrogens with one attached hydrogen (secondary N) is 1. The molecule has 3 N–H and O–H groups in total. The molecule has 1 amide bonds. The maximum absolute atomic E-state index is 12.1. The van der Waals surface area contributed by atoms with Gasteiger partial charge in [-0.25, -0.2) is 4.98 Å². The third kappa shape index (κ3) is 3.48. The van der Waals surface area contributed by atoms with Crippen LogP contribution in [0.5, 0.6) is 0 Å². The Labute approximate surface area is 123 Å². The predicted octanol–water partition coefficient (Wildman–Crippen LogP) is 3.40. The molecule has 0 fully saturated rings. The maximum Gasteiger partial charge on any atom is 0.259 e. The number of nitrogens with zero attached hydrogens (tertiary/aromatic N) is 1. The van der Waals surface area contributed by atoms with Crippen molar-refractivity contribution in [2.75, 3.05) is 17.3 Å². The molecule has 0 unspecified atom stereocenters. The maximum atomic E-state index is 12.1. The van der Waals surface area contributed by atoms with Gasteiger partial charge in [0, 0.05) is 21.3 Å². The van der Waals surface area contributed by atoms with E-state index in [0.717, 1.165) is 10.6 Å². The zero-order valence-electron chi connectivity index (χ0n) is 10.2. The largest absolute Gasteiger partial charge is 0.383 e. The normalized spacial score (nSPS) is 10.2. The van der Waals surface area contributed by atoms with Gasteiger partial charge in [-0.05, 0) is 52.5 Å². The molecule has 0 radical (unpaired) electrons. The average molecular weight is 338 g/mol. The number of thioether (sulfide) groups is 1. The highest BCUT2D eigenvalue weighted by atomic mass is 79.9. The highest BCUT2D eigenvalue weighted by molar-refractivity contribution is 9.10. The fourth-order valence-electron chi connectivity index (χ4n) is 1.50. The topological polar surface area (TPSA) is 68.0 Å². The highest BCUT2D eigenvalue weighted by Crippen LogP contribution is 2.20. The van der Waals surface area contributed by atoms with E-state index in [1.54, 1.807) is 24.0 Å². The summed E-state index contributed by atoms with van der Waals surface area (Å²) in [4.78, 5) is 17.2. The first-order valence-corrected chi connectivity index (χ1v) is 7.48. The number of anilines is 2. The first kappa shape index (κ1) is 13.9. The number of carbonyl (C=O) groups excluding carboxylic acids is 1. The van der Waals surface area contributed by atoms with E-state index in [4.69, 9.17) is 5.73 Å². The third-order valence-electron chi connectivity index (χ3n) is 2.48. The third-order valence-corrected chi connectivity index (χ3v) is 3.65. The lowest BCUT2D eigenvalue weighted by Gasteiger charge is -2.07. The van der Waals surface area contributed by atoms with Crippen LogP contribution in [-0.2, 0) is 0 Å². The second-order valence-electron chi connectivity index (χ2n) is 3.77. The van der Waals surface area contributed by atoms with Gasteiger partial charge in [-0.15, -0.1) is 11.8 Å². The van der Waals surface area contributed by atoms with Crippen molar-refractivity contribution in [1.29, 1.82) is 0 Å². The lowest BCUT2D eigenvalue weighted by molar-refractivity contribution is 0.102. The van der Waals surface area contributed by atoms with Gasteiger partial charge < -0.3 is 11.1 Å². The van der Waals surface area contributed by atoms with Gasteiger partial charge in [-0.1, -0.05) is 0 Å². The van der Waals surface area contributed by atoms with Gasteiger partial charge in [0.2, 0.25) is 0 Å². The summed E-state index contributed by atoms with van der Waals surface area (Å²) in [6.07, 6.45) is 3.56. The molecule has 2 rings (SSSR count). The first-order chi connectivity index (χ1) is 9.10. The molecule has 4 nitrogen and oxygen atoms in total. The lowest BCUT2D eigenvalue weighted by Crippen LogP contribution is -2.14. The van der Waals surface area contributed by atoms with Gasteiger partial charge in [0.1, 0.15) is 5.82 Å². The van der Waals surface area contributed by atoms with E-state index in [9.17, 15) is 4.79 Å². The van der Waals surface area contributed by atoms with Crippen molar-refractivity contribution in [1.82, 2.24) is 4.98 Å². The molecule has 0 aliphatic heterocycles. The zero-order valence-corrected chi connectivity index (χ0v) is 12.6. The number of hydrogen-bond donors (Lipinski definition) is 2. The Kier molecular flexibility index (Phi) is 4.44. The Hall–Kier alpha value is -1.53.